The fourth-order valence-electron chi connectivity index (χ4n) is 2.16. The van der Waals surface area contributed by atoms with Crippen LogP contribution in [0.2, 0.25) is 0 Å². The highest BCUT2D eigenvalue weighted by molar-refractivity contribution is 9.10. The number of aliphatic carboxylic acids is 1. The first-order valence-electron chi connectivity index (χ1n) is 5.17. The number of carboxylic acid groups (broad SMARTS) is 1. The minimum Gasteiger partial charge on any atom is -0.481 e. The number of hydrogen-bond donors (Lipinski definition) is 1. The molecule has 1 aliphatic carbocycles. The molecule has 86 valence electrons. The highest BCUT2D eigenvalue weighted by Gasteiger charge is 2.47. The minimum atomic E-state index is -0.991. The SMILES string of the molecule is Cc1c(Br)ccc(C2(C(=O)O)CCC2)c1F. The summed E-state index contributed by atoms with van der Waals surface area (Å²) < 4.78 is 14.7. The molecule has 0 saturated heterocycles. The zero-order chi connectivity index (χ0) is 11.9. The molecule has 1 fully saturated rings. The Labute approximate surface area is 102 Å². The molecule has 16 heavy (non-hydrogen) atoms. The molecule has 2 nitrogen and oxygen atoms in total. The summed E-state index contributed by atoms with van der Waals surface area (Å²) in [6, 6.07) is 3.30. The van der Waals surface area contributed by atoms with Gasteiger partial charge in [0.2, 0.25) is 0 Å². The van der Waals surface area contributed by atoms with Crippen molar-refractivity contribution in [2.24, 2.45) is 0 Å². The monoisotopic (exact) mass is 286 g/mol. The molecule has 1 aromatic carbocycles. The van der Waals surface area contributed by atoms with Gasteiger partial charge in [0.1, 0.15) is 5.82 Å². The Bertz CT molecular complexity index is 453. The van der Waals surface area contributed by atoms with Gasteiger partial charge in [-0.3, -0.25) is 4.79 Å². The largest absolute Gasteiger partial charge is 0.481 e. The van der Waals surface area contributed by atoms with Crippen LogP contribution in [-0.4, -0.2) is 11.1 Å². The molecular formula is C12H12BrFO2. The van der Waals surface area contributed by atoms with Crippen molar-refractivity contribution in [1.29, 1.82) is 0 Å². The average Bonchev–Trinajstić information content (AvgIpc) is 2.16. The summed E-state index contributed by atoms with van der Waals surface area (Å²) in [5.74, 6) is -1.31. The lowest BCUT2D eigenvalue weighted by molar-refractivity contribution is -0.147. The number of carboxylic acids is 1. The van der Waals surface area contributed by atoms with Crippen molar-refractivity contribution in [3.8, 4) is 0 Å². The van der Waals surface area contributed by atoms with Crippen molar-refractivity contribution >= 4 is 21.9 Å². The summed E-state index contributed by atoms with van der Waals surface area (Å²) in [6.45, 7) is 1.65. The van der Waals surface area contributed by atoms with Gasteiger partial charge in [0, 0.05) is 10.0 Å². The van der Waals surface area contributed by atoms with E-state index in [1.165, 1.54) is 0 Å². The Hall–Kier alpha value is -0.900. The zero-order valence-electron chi connectivity index (χ0n) is 8.89. The van der Waals surface area contributed by atoms with Crippen molar-refractivity contribution in [2.75, 3.05) is 0 Å². The lowest BCUT2D eigenvalue weighted by atomic mass is 9.64. The summed E-state index contributed by atoms with van der Waals surface area (Å²) in [5, 5.41) is 9.24. The molecule has 0 unspecified atom stereocenters. The van der Waals surface area contributed by atoms with Crippen molar-refractivity contribution < 1.29 is 14.3 Å². The molecule has 0 aliphatic heterocycles. The summed E-state index contributed by atoms with van der Waals surface area (Å²) in [5.41, 5.74) is -0.188. The number of halogens is 2. The van der Waals surface area contributed by atoms with Crippen LogP contribution in [0.3, 0.4) is 0 Å². The van der Waals surface area contributed by atoms with E-state index in [-0.39, 0.29) is 0 Å². The highest BCUT2D eigenvalue weighted by atomic mass is 79.9. The van der Waals surface area contributed by atoms with Crippen LogP contribution in [0.5, 0.6) is 0 Å². The third-order valence-electron chi connectivity index (χ3n) is 3.45. The summed E-state index contributed by atoms with van der Waals surface area (Å²) in [4.78, 5) is 11.3. The van der Waals surface area contributed by atoms with Crippen LogP contribution in [-0.2, 0) is 10.2 Å². The molecule has 0 amide bonds. The van der Waals surface area contributed by atoms with Crippen LogP contribution in [0, 0.1) is 12.7 Å². The Morgan fingerprint density at radius 2 is 2.12 bits per heavy atom. The smallest absolute Gasteiger partial charge is 0.314 e. The van der Waals surface area contributed by atoms with E-state index in [0.29, 0.717) is 28.4 Å². The Morgan fingerprint density at radius 1 is 1.50 bits per heavy atom. The molecule has 1 aromatic rings. The fraction of sp³-hybridized carbons (Fsp3) is 0.417. The normalized spacial score (nSPS) is 17.9. The maximum Gasteiger partial charge on any atom is 0.314 e. The Kier molecular flexibility index (Phi) is 2.78. The second kappa shape index (κ2) is 3.84. The molecule has 1 saturated carbocycles. The van der Waals surface area contributed by atoms with E-state index in [1.807, 2.05) is 0 Å². The van der Waals surface area contributed by atoms with E-state index >= 15 is 0 Å². The van der Waals surface area contributed by atoms with Gasteiger partial charge in [-0.05, 0) is 31.4 Å². The molecule has 0 bridgehead atoms. The fourth-order valence-corrected chi connectivity index (χ4v) is 2.47. The number of hydrogen-bond acceptors (Lipinski definition) is 1. The topological polar surface area (TPSA) is 37.3 Å². The van der Waals surface area contributed by atoms with Gasteiger partial charge in [-0.25, -0.2) is 4.39 Å². The molecule has 1 aliphatic rings. The van der Waals surface area contributed by atoms with Crippen LogP contribution in [0.25, 0.3) is 0 Å². The zero-order valence-corrected chi connectivity index (χ0v) is 10.5. The van der Waals surface area contributed by atoms with E-state index in [2.05, 4.69) is 15.9 Å². The number of benzene rings is 1. The van der Waals surface area contributed by atoms with Crippen molar-refractivity contribution in [1.82, 2.24) is 0 Å². The molecule has 2 rings (SSSR count). The van der Waals surface area contributed by atoms with Crippen molar-refractivity contribution in [2.45, 2.75) is 31.6 Å². The summed E-state index contributed by atoms with van der Waals surface area (Å²) in [7, 11) is 0. The third-order valence-corrected chi connectivity index (χ3v) is 4.31. The van der Waals surface area contributed by atoms with Gasteiger partial charge in [0.15, 0.2) is 0 Å². The standard InChI is InChI=1S/C12H12BrFO2/c1-7-9(13)4-3-8(10(7)14)12(11(15)16)5-2-6-12/h3-4H,2,5-6H2,1H3,(H,15,16). The van der Waals surface area contributed by atoms with Gasteiger partial charge in [-0.1, -0.05) is 28.4 Å². The number of carbonyl (C=O) groups is 1. The summed E-state index contributed by atoms with van der Waals surface area (Å²) >= 11 is 3.24. The predicted octanol–water partition coefficient (Wildman–Crippen LogP) is 3.40. The van der Waals surface area contributed by atoms with Crippen LogP contribution in [0.15, 0.2) is 16.6 Å². The molecule has 0 atom stereocenters. The van der Waals surface area contributed by atoms with Gasteiger partial charge in [-0.15, -0.1) is 0 Å². The van der Waals surface area contributed by atoms with Gasteiger partial charge in [-0.2, -0.15) is 0 Å². The molecule has 0 radical (unpaired) electrons. The van der Waals surface area contributed by atoms with Crippen LogP contribution in [0.4, 0.5) is 4.39 Å². The maximum absolute atomic E-state index is 14.0. The van der Waals surface area contributed by atoms with Gasteiger partial charge < -0.3 is 5.11 Å². The van der Waals surface area contributed by atoms with Crippen molar-refractivity contribution in [3.63, 3.8) is 0 Å². The summed E-state index contributed by atoms with van der Waals surface area (Å²) in [6.07, 6.45) is 1.90. The Morgan fingerprint density at radius 3 is 2.56 bits per heavy atom. The first-order chi connectivity index (χ1) is 7.49. The predicted molar refractivity (Wildman–Crippen MR) is 62.0 cm³/mol. The van der Waals surface area contributed by atoms with Crippen LogP contribution < -0.4 is 0 Å². The van der Waals surface area contributed by atoms with Gasteiger partial charge >= 0.3 is 5.97 Å². The molecule has 4 heteroatoms. The van der Waals surface area contributed by atoms with Crippen LogP contribution in [0.1, 0.15) is 30.4 Å². The second-order valence-corrected chi connectivity index (χ2v) is 5.13. The lowest BCUT2D eigenvalue weighted by Gasteiger charge is -2.38. The molecule has 0 spiro atoms. The Balaban J connectivity index is 2.56. The first kappa shape index (κ1) is 11.6. The van der Waals surface area contributed by atoms with Gasteiger partial charge in [0.05, 0.1) is 5.41 Å². The molecular weight excluding hydrogens is 275 g/mol. The maximum atomic E-state index is 14.0. The molecule has 0 heterocycles. The van der Waals surface area contributed by atoms with E-state index < -0.39 is 17.2 Å². The quantitative estimate of drug-likeness (QED) is 0.905. The van der Waals surface area contributed by atoms with Gasteiger partial charge in [0.25, 0.3) is 0 Å². The molecule has 1 N–H and O–H groups in total. The van der Waals surface area contributed by atoms with E-state index in [1.54, 1.807) is 19.1 Å². The number of rotatable bonds is 2. The van der Waals surface area contributed by atoms with E-state index in [9.17, 15) is 14.3 Å². The minimum absolute atomic E-state index is 0.326. The van der Waals surface area contributed by atoms with E-state index in [4.69, 9.17) is 0 Å². The lowest BCUT2D eigenvalue weighted by Crippen LogP contribution is -2.43. The molecule has 0 aromatic heterocycles. The third kappa shape index (κ3) is 1.47. The van der Waals surface area contributed by atoms with Crippen LogP contribution >= 0.6 is 15.9 Å². The first-order valence-corrected chi connectivity index (χ1v) is 5.97. The second-order valence-electron chi connectivity index (χ2n) is 4.27. The van der Waals surface area contributed by atoms with E-state index in [0.717, 1.165) is 6.42 Å². The van der Waals surface area contributed by atoms with Crippen molar-refractivity contribution in [3.05, 3.63) is 33.5 Å². The highest BCUT2D eigenvalue weighted by Crippen LogP contribution is 2.45. The average molecular weight is 287 g/mol.